The van der Waals surface area contributed by atoms with Gasteiger partial charge >= 0.3 is 0 Å². The number of piperidine rings is 1. The number of aryl methyl sites for hydroxylation is 1. The molecule has 130 valence electrons. The minimum absolute atomic E-state index is 0. The lowest BCUT2D eigenvalue weighted by atomic mass is 9.92. The molecule has 1 unspecified atom stereocenters. The van der Waals surface area contributed by atoms with E-state index in [-0.39, 0.29) is 24.2 Å². The van der Waals surface area contributed by atoms with Crippen LogP contribution in [-0.2, 0) is 11.2 Å². The molecule has 1 saturated carbocycles. The van der Waals surface area contributed by atoms with Crippen molar-refractivity contribution in [2.24, 2.45) is 11.3 Å². The van der Waals surface area contributed by atoms with Crippen molar-refractivity contribution in [3.63, 3.8) is 0 Å². The molecule has 24 heavy (non-hydrogen) atoms. The van der Waals surface area contributed by atoms with E-state index in [1.807, 2.05) is 25.1 Å². The fourth-order valence-corrected chi connectivity index (χ4v) is 3.85. The molecule has 0 radical (unpaired) electrons. The van der Waals surface area contributed by atoms with E-state index in [0.717, 1.165) is 49.0 Å². The average molecular weight is 350 g/mol. The number of carbonyl (C=O) groups is 1. The summed E-state index contributed by atoms with van der Waals surface area (Å²) in [4.78, 5) is 16.8. The normalized spacial score (nSPS) is 21.5. The maximum Gasteiger partial charge on any atom is 0.223 e. The summed E-state index contributed by atoms with van der Waals surface area (Å²) in [5, 5.41) is 6.43. The zero-order valence-corrected chi connectivity index (χ0v) is 14.7. The number of hydrogen-bond donors (Lipinski definition) is 2. The molecule has 2 heterocycles. The molecule has 2 fully saturated rings. The van der Waals surface area contributed by atoms with Gasteiger partial charge in [-0.25, -0.2) is 4.98 Å². The third-order valence-corrected chi connectivity index (χ3v) is 5.41. The van der Waals surface area contributed by atoms with Gasteiger partial charge in [-0.1, -0.05) is 12.1 Å². The molecular weight excluding hydrogens is 326 g/mol. The first-order chi connectivity index (χ1) is 11.2. The monoisotopic (exact) mass is 349 g/mol. The molecule has 1 aliphatic heterocycles. The summed E-state index contributed by atoms with van der Waals surface area (Å²) in [6, 6.07) is 5.93. The Balaban J connectivity index is 0.00000169. The third-order valence-electron chi connectivity index (χ3n) is 5.41. The Bertz CT molecular complexity index is 737. The minimum atomic E-state index is 0. The molecule has 4 rings (SSSR count). The summed E-state index contributed by atoms with van der Waals surface area (Å²) in [6.07, 6.45) is 3.97. The van der Waals surface area contributed by atoms with Crippen molar-refractivity contribution in [1.82, 2.24) is 15.6 Å². The van der Waals surface area contributed by atoms with E-state index in [9.17, 15) is 4.79 Å². The topological polar surface area (TPSA) is 67.2 Å². The van der Waals surface area contributed by atoms with Crippen LogP contribution in [0.3, 0.4) is 0 Å². The predicted molar refractivity (Wildman–Crippen MR) is 95.4 cm³/mol. The first-order valence-corrected chi connectivity index (χ1v) is 8.51. The average Bonchev–Trinajstić information content (AvgIpc) is 3.06. The third kappa shape index (κ3) is 3.15. The van der Waals surface area contributed by atoms with Crippen molar-refractivity contribution in [3.8, 4) is 0 Å². The number of nitrogens with zero attached hydrogens (tertiary/aromatic N) is 1. The highest BCUT2D eigenvalue weighted by molar-refractivity contribution is 5.85. The second-order valence-corrected chi connectivity index (χ2v) is 6.94. The Morgan fingerprint density at radius 2 is 2.21 bits per heavy atom. The first-order valence-electron chi connectivity index (χ1n) is 8.51. The summed E-state index contributed by atoms with van der Waals surface area (Å²) >= 11 is 0. The largest absolute Gasteiger partial charge is 0.441 e. The first kappa shape index (κ1) is 17.2. The standard InChI is InChI=1S/C18H23N3O2.ClH/c1-12-3-2-4-14-16(12)21-15(23-14)5-8-20-17(22)13-11-18(13)6-9-19-10-7-18;/h2-4,13,19H,5-11H2,1H3,(H,20,22);1H. The Hall–Kier alpha value is -1.59. The summed E-state index contributed by atoms with van der Waals surface area (Å²) in [5.74, 6) is 1.12. The van der Waals surface area contributed by atoms with Gasteiger partial charge in [-0.3, -0.25) is 4.79 Å². The smallest absolute Gasteiger partial charge is 0.223 e. The Labute approximate surface area is 148 Å². The van der Waals surface area contributed by atoms with E-state index in [1.165, 1.54) is 0 Å². The molecule has 1 aromatic carbocycles. The van der Waals surface area contributed by atoms with E-state index >= 15 is 0 Å². The maximum atomic E-state index is 12.3. The number of benzene rings is 1. The number of rotatable bonds is 4. The van der Waals surface area contributed by atoms with Gasteiger partial charge in [-0.05, 0) is 56.3 Å². The highest BCUT2D eigenvalue weighted by Gasteiger charge is 2.57. The second-order valence-electron chi connectivity index (χ2n) is 6.94. The van der Waals surface area contributed by atoms with Crippen LogP contribution >= 0.6 is 12.4 Å². The van der Waals surface area contributed by atoms with Gasteiger partial charge in [0.15, 0.2) is 11.5 Å². The zero-order chi connectivity index (χ0) is 15.9. The Morgan fingerprint density at radius 3 is 2.96 bits per heavy atom. The van der Waals surface area contributed by atoms with Crippen LogP contribution in [0.25, 0.3) is 11.1 Å². The zero-order valence-electron chi connectivity index (χ0n) is 13.9. The van der Waals surface area contributed by atoms with E-state index < -0.39 is 0 Å². The molecule has 1 atom stereocenters. The van der Waals surface area contributed by atoms with Gasteiger partial charge in [0, 0.05) is 18.9 Å². The highest BCUT2D eigenvalue weighted by atomic mass is 35.5. The molecule has 6 heteroatoms. The van der Waals surface area contributed by atoms with Crippen molar-refractivity contribution in [2.75, 3.05) is 19.6 Å². The van der Waals surface area contributed by atoms with Gasteiger partial charge in [0.05, 0.1) is 0 Å². The predicted octanol–water partition coefficient (Wildman–Crippen LogP) is 2.61. The number of para-hydroxylation sites is 1. The molecule has 1 spiro atoms. The summed E-state index contributed by atoms with van der Waals surface area (Å²) in [5.41, 5.74) is 3.16. The molecule has 1 saturated heterocycles. The molecule has 5 nitrogen and oxygen atoms in total. The number of aromatic nitrogens is 1. The lowest BCUT2D eigenvalue weighted by Gasteiger charge is -2.23. The molecule has 0 bridgehead atoms. The molecule has 2 aromatic rings. The summed E-state index contributed by atoms with van der Waals surface area (Å²) in [6.45, 7) is 4.72. The van der Waals surface area contributed by atoms with Crippen LogP contribution in [0, 0.1) is 18.3 Å². The van der Waals surface area contributed by atoms with Crippen LogP contribution in [0.15, 0.2) is 22.6 Å². The number of amides is 1. The molecular formula is C18H24ClN3O2. The van der Waals surface area contributed by atoms with Crippen LogP contribution in [0.2, 0.25) is 0 Å². The van der Waals surface area contributed by atoms with Crippen LogP contribution in [0.1, 0.15) is 30.7 Å². The van der Waals surface area contributed by atoms with Crippen molar-refractivity contribution >= 4 is 29.4 Å². The molecule has 1 aromatic heterocycles. The lowest BCUT2D eigenvalue weighted by Crippen LogP contribution is -2.34. The van der Waals surface area contributed by atoms with Gasteiger partial charge < -0.3 is 15.1 Å². The molecule has 1 amide bonds. The van der Waals surface area contributed by atoms with Crippen LogP contribution in [0.5, 0.6) is 0 Å². The van der Waals surface area contributed by atoms with E-state index in [4.69, 9.17) is 4.42 Å². The fraction of sp³-hybridized carbons (Fsp3) is 0.556. The maximum absolute atomic E-state index is 12.3. The van der Waals surface area contributed by atoms with Crippen molar-refractivity contribution in [3.05, 3.63) is 29.7 Å². The van der Waals surface area contributed by atoms with Crippen molar-refractivity contribution < 1.29 is 9.21 Å². The SMILES string of the molecule is Cc1cccc2oc(CCNC(=O)C3CC34CCNCC4)nc12.Cl. The van der Waals surface area contributed by atoms with Gasteiger partial charge in [-0.15, -0.1) is 12.4 Å². The Kier molecular flexibility index (Phi) is 4.83. The quantitative estimate of drug-likeness (QED) is 0.890. The number of hydrogen-bond acceptors (Lipinski definition) is 4. The fourth-order valence-electron chi connectivity index (χ4n) is 3.85. The second kappa shape index (κ2) is 6.73. The number of oxazole rings is 1. The van der Waals surface area contributed by atoms with E-state index in [2.05, 4.69) is 15.6 Å². The van der Waals surface area contributed by atoms with Crippen LogP contribution in [-0.4, -0.2) is 30.5 Å². The molecule has 2 N–H and O–H groups in total. The van der Waals surface area contributed by atoms with E-state index in [1.54, 1.807) is 0 Å². The van der Waals surface area contributed by atoms with E-state index in [0.29, 0.717) is 24.3 Å². The van der Waals surface area contributed by atoms with Gasteiger partial charge in [0.2, 0.25) is 5.91 Å². The summed E-state index contributed by atoms with van der Waals surface area (Å²) in [7, 11) is 0. The number of halogens is 1. The molecule has 2 aliphatic rings. The number of fused-ring (bicyclic) bond motifs is 1. The van der Waals surface area contributed by atoms with Gasteiger partial charge in [-0.2, -0.15) is 0 Å². The minimum Gasteiger partial charge on any atom is -0.441 e. The number of nitrogens with one attached hydrogen (secondary N) is 2. The van der Waals surface area contributed by atoms with Crippen LogP contribution < -0.4 is 10.6 Å². The Morgan fingerprint density at radius 1 is 1.42 bits per heavy atom. The summed E-state index contributed by atoms with van der Waals surface area (Å²) < 4.78 is 5.75. The van der Waals surface area contributed by atoms with Crippen molar-refractivity contribution in [2.45, 2.75) is 32.6 Å². The van der Waals surface area contributed by atoms with Crippen molar-refractivity contribution in [1.29, 1.82) is 0 Å². The van der Waals surface area contributed by atoms with Gasteiger partial charge in [0.1, 0.15) is 5.52 Å². The highest BCUT2D eigenvalue weighted by Crippen LogP contribution is 2.58. The number of carbonyl (C=O) groups excluding carboxylic acids is 1. The van der Waals surface area contributed by atoms with Gasteiger partial charge in [0.25, 0.3) is 0 Å². The lowest BCUT2D eigenvalue weighted by molar-refractivity contribution is -0.123. The molecule has 1 aliphatic carbocycles. The van der Waals surface area contributed by atoms with Crippen LogP contribution in [0.4, 0.5) is 0 Å².